The van der Waals surface area contributed by atoms with Gasteiger partial charge in [-0.2, -0.15) is 0 Å². The van der Waals surface area contributed by atoms with Crippen LogP contribution in [0.1, 0.15) is 175 Å². The van der Waals surface area contributed by atoms with Crippen molar-refractivity contribution >= 4 is 17.9 Å². The van der Waals surface area contributed by atoms with E-state index in [1.165, 1.54) is 0 Å². The number of allylic oxidation sites excluding steroid dienone is 18. The topological polar surface area (TPSA) is 78.9 Å². The average Bonchev–Trinajstić information content (AvgIpc) is 3.21. The summed E-state index contributed by atoms with van der Waals surface area (Å²) in [6, 6.07) is 0. The van der Waals surface area contributed by atoms with E-state index in [2.05, 4.69) is 118 Å². The molecule has 6 heteroatoms. The van der Waals surface area contributed by atoms with Crippen molar-refractivity contribution in [3.63, 3.8) is 0 Å². The molecule has 0 aromatic carbocycles. The second-order valence-electron chi connectivity index (χ2n) is 14.2. The summed E-state index contributed by atoms with van der Waals surface area (Å²) in [5.74, 6) is -1.04. The second kappa shape index (κ2) is 44.8. The minimum Gasteiger partial charge on any atom is -0.462 e. The lowest BCUT2D eigenvalue weighted by Gasteiger charge is -2.18. The van der Waals surface area contributed by atoms with E-state index in [0.717, 1.165) is 128 Å². The normalized spacial score (nSPS) is 13.1. The number of hydrogen-bond acceptors (Lipinski definition) is 6. The number of ether oxygens (including phenoxy) is 3. The van der Waals surface area contributed by atoms with E-state index in [4.69, 9.17) is 14.2 Å². The highest BCUT2D eigenvalue weighted by Gasteiger charge is 2.19. The molecule has 320 valence electrons. The maximum absolute atomic E-state index is 12.7. The van der Waals surface area contributed by atoms with Crippen LogP contribution in [0.25, 0.3) is 0 Å². The second-order valence-corrected chi connectivity index (χ2v) is 14.2. The largest absolute Gasteiger partial charge is 0.462 e. The van der Waals surface area contributed by atoms with E-state index in [-0.39, 0.29) is 44.0 Å². The number of rotatable bonds is 38. The molecule has 0 saturated carbocycles. The van der Waals surface area contributed by atoms with E-state index in [1.807, 2.05) is 12.2 Å². The van der Waals surface area contributed by atoms with Crippen molar-refractivity contribution in [2.75, 3.05) is 13.2 Å². The van der Waals surface area contributed by atoms with E-state index in [9.17, 15) is 14.4 Å². The van der Waals surface area contributed by atoms with Gasteiger partial charge in [0.2, 0.25) is 0 Å². The summed E-state index contributed by atoms with van der Waals surface area (Å²) in [5, 5.41) is 0. The highest BCUT2D eigenvalue weighted by Crippen LogP contribution is 2.11. The molecular formula is C51H80O6. The van der Waals surface area contributed by atoms with Gasteiger partial charge in [-0.05, 0) is 89.9 Å². The third kappa shape index (κ3) is 43.0. The summed E-state index contributed by atoms with van der Waals surface area (Å²) in [7, 11) is 0. The van der Waals surface area contributed by atoms with Crippen molar-refractivity contribution in [1.82, 2.24) is 0 Å². The Morgan fingerprint density at radius 3 is 1.18 bits per heavy atom. The van der Waals surface area contributed by atoms with Crippen LogP contribution < -0.4 is 0 Å². The number of hydrogen-bond donors (Lipinski definition) is 0. The lowest BCUT2D eigenvalue weighted by Crippen LogP contribution is -2.30. The van der Waals surface area contributed by atoms with Crippen LogP contribution >= 0.6 is 0 Å². The summed E-state index contributed by atoms with van der Waals surface area (Å²) in [4.78, 5) is 37.5. The van der Waals surface area contributed by atoms with Gasteiger partial charge in [-0.25, -0.2) is 0 Å². The van der Waals surface area contributed by atoms with Gasteiger partial charge in [0.1, 0.15) is 13.2 Å². The Balaban J connectivity index is 4.41. The van der Waals surface area contributed by atoms with Gasteiger partial charge in [-0.15, -0.1) is 0 Å². The summed E-state index contributed by atoms with van der Waals surface area (Å²) >= 11 is 0. The molecule has 1 atom stereocenters. The molecule has 0 spiro atoms. The number of esters is 3. The van der Waals surface area contributed by atoms with Crippen LogP contribution in [0.2, 0.25) is 0 Å². The molecule has 0 radical (unpaired) electrons. The minimum absolute atomic E-state index is 0.112. The molecule has 0 fully saturated rings. The standard InChI is InChI=1S/C51H80O6/c1-4-7-10-13-15-17-19-21-23-24-25-26-28-29-31-33-35-38-41-44-50(53)56-47-48(46-55-49(52)43-40-37-12-9-6-3)57-51(54)45-42-39-36-34-32-30-27-22-20-18-16-14-11-8-5-2/h7-8,10-11,15-18,21-23,25-27,29,31,35,38,48H,4-6,9,12-14,19-20,24,28,30,32-34,36-37,39-47H2,1-3H3/b10-7-,11-8-,17-15-,18-16-,23-21-,26-25-,27-22-,31-29-,38-35-. The Hall–Kier alpha value is -3.93. The number of carbonyl (C=O) groups is 3. The zero-order valence-corrected chi connectivity index (χ0v) is 36.3. The van der Waals surface area contributed by atoms with E-state index >= 15 is 0 Å². The Bertz CT molecular complexity index is 1230. The minimum atomic E-state index is -0.814. The van der Waals surface area contributed by atoms with Crippen molar-refractivity contribution in [2.24, 2.45) is 0 Å². The predicted octanol–water partition coefficient (Wildman–Crippen LogP) is 14.4. The Morgan fingerprint density at radius 2 is 0.719 bits per heavy atom. The number of unbranched alkanes of at least 4 members (excludes halogenated alkanes) is 9. The monoisotopic (exact) mass is 789 g/mol. The molecule has 0 rings (SSSR count). The Labute approximate surface area is 349 Å². The van der Waals surface area contributed by atoms with Crippen LogP contribution in [0.4, 0.5) is 0 Å². The smallest absolute Gasteiger partial charge is 0.306 e. The van der Waals surface area contributed by atoms with Crippen molar-refractivity contribution in [3.05, 3.63) is 109 Å². The van der Waals surface area contributed by atoms with E-state index < -0.39 is 6.10 Å². The van der Waals surface area contributed by atoms with Gasteiger partial charge in [-0.1, -0.05) is 175 Å². The zero-order chi connectivity index (χ0) is 41.5. The molecule has 57 heavy (non-hydrogen) atoms. The van der Waals surface area contributed by atoms with Crippen molar-refractivity contribution in [3.8, 4) is 0 Å². The molecule has 0 heterocycles. The lowest BCUT2D eigenvalue weighted by atomic mass is 10.1. The predicted molar refractivity (Wildman–Crippen MR) is 242 cm³/mol. The highest BCUT2D eigenvalue weighted by atomic mass is 16.6. The average molecular weight is 789 g/mol. The zero-order valence-electron chi connectivity index (χ0n) is 36.3. The van der Waals surface area contributed by atoms with Gasteiger partial charge in [0.15, 0.2) is 6.10 Å². The third-order valence-electron chi connectivity index (χ3n) is 8.79. The van der Waals surface area contributed by atoms with Crippen LogP contribution in [-0.4, -0.2) is 37.2 Å². The molecule has 0 aliphatic heterocycles. The van der Waals surface area contributed by atoms with Gasteiger partial charge in [0.05, 0.1) is 0 Å². The summed E-state index contributed by atoms with van der Waals surface area (Å²) in [6.07, 6.45) is 59.7. The maximum atomic E-state index is 12.7. The fourth-order valence-electron chi connectivity index (χ4n) is 5.48. The van der Waals surface area contributed by atoms with Crippen molar-refractivity contribution in [2.45, 2.75) is 181 Å². The van der Waals surface area contributed by atoms with Crippen molar-refractivity contribution < 1.29 is 28.6 Å². The molecular weight excluding hydrogens is 709 g/mol. The third-order valence-corrected chi connectivity index (χ3v) is 8.79. The maximum Gasteiger partial charge on any atom is 0.306 e. The molecule has 0 saturated heterocycles. The first-order valence-electron chi connectivity index (χ1n) is 22.4. The molecule has 0 N–H and O–H groups in total. The summed E-state index contributed by atoms with van der Waals surface area (Å²) in [6.45, 7) is 6.21. The first-order valence-corrected chi connectivity index (χ1v) is 22.4. The fourth-order valence-corrected chi connectivity index (χ4v) is 5.48. The first kappa shape index (κ1) is 53.1. The van der Waals surface area contributed by atoms with Crippen LogP contribution in [0.15, 0.2) is 109 Å². The number of carbonyl (C=O) groups excluding carboxylic acids is 3. The van der Waals surface area contributed by atoms with Gasteiger partial charge in [0, 0.05) is 19.3 Å². The molecule has 0 aliphatic rings. The van der Waals surface area contributed by atoms with Crippen LogP contribution in [-0.2, 0) is 28.6 Å². The summed E-state index contributed by atoms with van der Waals surface area (Å²) in [5.41, 5.74) is 0. The van der Waals surface area contributed by atoms with E-state index in [1.54, 1.807) is 0 Å². The molecule has 0 bridgehead atoms. The molecule has 6 nitrogen and oxygen atoms in total. The molecule has 0 aromatic rings. The van der Waals surface area contributed by atoms with Gasteiger partial charge >= 0.3 is 17.9 Å². The quantitative estimate of drug-likeness (QED) is 0.0268. The van der Waals surface area contributed by atoms with Crippen molar-refractivity contribution in [1.29, 1.82) is 0 Å². The van der Waals surface area contributed by atoms with Crippen LogP contribution in [0.5, 0.6) is 0 Å². The molecule has 0 amide bonds. The Morgan fingerprint density at radius 1 is 0.368 bits per heavy atom. The SMILES string of the molecule is CC/C=C\C/C=C\C/C=C\C/C=C\C/C=C\C/C=C\CCC(=O)OCC(COC(=O)CCCCCCC)OC(=O)CCCCCCC/C=C\C/C=C\C/C=C\CC. The lowest BCUT2D eigenvalue weighted by molar-refractivity contribution is -0.166. The summed E-state index contributed by atoms with van der Waals surface area (Å²) < 4.78 is 16.5. The molecule has 0 aliphatic carbocycles. The van der Waals surface area contributed by atoms with Gasteiger partial charge in [-0.3, -0.25) is 14.4 Å². The Kier molecular flexibility index (Phi) is 41.7. The molecule has 0 aromatic heterocycles. The van der Waals surface area contributed by atoms with E-state index in [0.29, 0.717) is 12.8 Å². The van der Waals surface area contributed by atoms with Crippen LogP contribution in [0.3, 0.4) is 0 Å². The van der Waals surface area contributed by atoms with Crippen LogP contribution in [0, 0.1) is 0 Å². The molecule has 1 unspecified atom stereocenters. The van der Waals surface area contributed by atoms with Gasteiger partial charge < -0.3 is 14.2 Å². The first-order chi connectivity index (χ1) is 28.0. The van der Waals surface area contributed by atoms with Gasteiger partial charge in [0.25, 0.3) is 0 Å². The highest BCUT2D eigenvalue weighted by molar-refractivity contribution is 5.71. The fraction of sp³-hybridized carbons (Fsp3) is 0.588.